The van der Waals surface area contributed by atoms with Crippen LogP contribution in [0.1, 0.15) is 54.0 Å². The molecule has 1 aromatic rings. The zero-order valence-electron chi connectivity index (χ0n) is 11.8. The standard InChI is InChI=1S/C14H23N3O2S/c15-9-13-17-12(10-20-13)14(18)16-7-4-8-19-11-5-2-1-3-6-11/h10-11H,1-9,15H2,(H,16,18). The van der Waals surface area contributed by atoms with Crippen LogP contribution in [0.4, 0.5) is 0 Å². The van der Waals surface area contributed by atoms with E-state index in [1.165, 1.54) is 43.4 Å². The maximum Gasteiger partial charge on any atom is 0.270 e. The van der Waals surface area contributed by atoms with Crippen molar-refractivity contribution >= 4 is 17.2 Å². The van der Waals surface area contributed by atoms with Gasteiger partial charge in [0.2, 0.25) is 0 Å². The number of carbonyl (C=O) groups is 1. The summed E-state index contributed by atoms with van der Waals surface area (Å²) in [6.45, 7) is 1.73. The Morgan fingerprint density at radius 1 is 1.45 bits per heavy atom. The molecule has 0 aliphatic heterocycles. The lowest BCUT2D eigenvalue weighted by Crippen LogP contribution is -2.26. The van der Waals surface area contributed by atoms with Crippen molar-refractivity contribution in [2.75, 3.05) is 13.2 Å². The molecule has 1 aromatic heterocycles. The molecule has 1 aliphatic carbocycles. The molecule has 1 saturated carbocycles. The van der Waals surface area contributed by atoms with E-state index in [2.05, 4.69) is 10.3 Å². The Morgan fingerprint density at radius 3 is 2.95 bits per heavy atom. The average molecular weight is 297 g/mol. The normalized spacial score (nSPS) is 16.2. The highest BCUT2D eigenvalue weighted by Crippen LogP contribution is 2.20. The van der Waals surface area contributed by atoms with Crippen LogP contribution in [-0.2, 0) is 11.3 Å². The summed E-state index contributed by atoms with van der Waals surface area (Å²) < 4.78 is 5.81. The predicted octanol–water partition coefficient (Wildman–Crippen LogP) is 2.07. The third-order valence-corrected chi connectivity index (χ3v) is 4.34. The van der Waals surface area contributed by atoms with E-state index >= 15 is 0 Å². The van der Waals surface area contributed by atoms with E-state index in [1.54, 1.807) is 5.38 Å². The summed E-state index contributed by atoms with van der Waals surface area (Å²) in [5.74, 6) is -0.126. The highest BCUT2D eigenvalue weighted by atomic mass is 32.1. The number of carbonyl (C=O) groups excluding carboxylic acids is 1. The number of rotatable bonds is 7. The van der Waals surface area contributed by atoms with Crippen molar-refractivity contribution < 1.29 is 9.53 Å². The maximum absolute atomic E-state index is 11.8. The van der Waals surface area contributed by atoms with Crippen LogP contribution in [0.25, 0.3) is 0 Å². The van der Waals surface area contributed by atoms with E-state index in [9.17, 15) is 4.79 Å². The Labute approximate surface area is 123 Å². The van der Waals surface area contributed by atoms with Crippen molar-refractivity contribution in [1.82, 2.24) is 10.3 Å². The van der Waals surface area contributed by atoms with E-state index in [1.807, 2.05) is 0 Å². The summed E-state index contributed by atoms with van der Waals surface area (Å²) >= 11 is 1.42. The van der Waals surface area contributed by atoms with Crippen molar-refractivity contribution in [3.8, 4) is 0 Å². The number of amides is 1. The van der Waals surface area contributed by atoms with Gasteiger partial charge < -0.3 is 15.8 Å². The Balaban J connectivity index is 1.57. The second-order valence-electron chi connectivity index (χ2n) is 5.07. The first kappa shape index (κ1) is 15.4. The van der Waals surface area contributed by atoms with Gasteiger partial charge in [0.25, 0.3) is 5.91 Å². The van der Waals surface area contributed by atoms with Crippen LogP contribution in [0.5, 0.6) is 0 Å². The number of nitrogens with one attached hydrogen (secondary N) is 1. The molecule has 1 amide bonds. The number of hydrogen-bond donors (Lipinski definition) is 2. The molecule has 0 aromatic carbocycles. The van der Waals surface area contributed by atoms with E-state index in [0.29, 0.717) is 24.9 Å². The minimum atomic E-state index is -0.126. The molecule has 0 unspecified atom stereocenters. The van der Waals surface area contributed by atoms with Gasteiger partial charge in [0.1, 0.15) is 10.7 Å². The Bertz CT molecular complexity index is 416. The third kappa shape index (κ3) is 4.85. The number of hydrogen-bond acceptors (Lipinski definition) is 5. The SMILES string of the molecule is NCc1nc(C(=O)NCCCOC2CCCCC2)cs1. The molecular formula is C14H23N3O2S. The van der Waals surface area contributed by atoms with Gasteiger partial charge in [-0.1, -0.05) is 19.3 Å². The molecule has 5 nitrogen and oxygen atoms in total. The summed E-state index contributed by atoms with van der Waals surface area (Å²) in [4.78, 5) is 15.9. The first-order valence-corrected chi connectivity index (χ1v) is 8.22. The van der Waals surface area contributed by atoms with Gasteiger partial charge >= 0.3 is 0 Å². The average Bonchev–Trinajstić information content (AvgIpc) is 2.97. The lowest BCUT2D eigenvalue weighted by atomic mass is 9.98. The second kappa shape index (κ2) is 8.34. The van der Waals surface area contributed by atoms with Gasteiger partial charge in [0, 0.05) is 25.1 Å². The number of thiazole rings is 1. The van der Waals surface area contributed by atoms with Gasteiger partial charge in [0.15, 0.2) is 0 Å². The molecule has 3 N–H and O–H groups in total. The molecule has 2 rings (SSSR count). The van der Waals surface area contributed by atoms with Crippen LogP contribution in [0.3, 0.4) is 0 Å². The Kier molecular flexibility index (Phi) is 6.42. The molecule has 6 heteroatoms. The molecule has 0 bridgehead atoms. The molecule has 1 fully saturated rings. The monoisotopic (exact) mass is 297 g/mol. The Morgan fingerprint density at radius 2 is 2.25 bits per heavy atom. The van der Waals surface area contributed by atoms with Crippen molar-refractivity contribution in [3.63, 3.8) is 0 Å². The first-order valence-electron chi connectivity index (χ1n) is 7.34. The number of nitrogens with zero attached hydrogens (tertiary/aromatic N) is 1. The number of aromatic nitrogens is 1. The first-order chi connectivity index (χ1) is 9.79. The van der Waals surface area contributed by atoms with Crippen LogP contribution in [-0.4, -0.2) is 30.1 Å². The van der Waals surface area contributed by atoms with E-state index < -0.39 is 0 Å². The van der Waals surface area contributed by atoms with Gasteiger partial charge in [0.05, 0.1) is 6.10 Å². The zero-order chi connectivity index (χ0) is 14.2. The van der Waals surface area contributed by atoms with Gasteiger partial charge in [-0.05, 0) is 19.3 Å². The molecule has 112 valence electrons. The van der Waals surface area contributed by atoms with Gasteiger partial charge in [-0.25, -0.2) is 4.98 Å². The quantitative estimate of drug-likeness (QED) is 0.755. The van der Waals surface area contributed by atoms with Crippen molar-refractivity contribution in [3.05, 3.63) is 16.1 Å². The fraction of sp³-hybridized carbons (Fsp3) is 0.714. The maximum atomic E-state index is 11.8. The van der Waals surface area contributed by atoms with Crippen molar-refractivity contribution in [2.24, 2.45) is 5.73 Å². The molecule has 1 aliphatic rings. The summed E-state index contributed by atoms with van der Waals surface area (Å²) in [6, 6.07) is 0. The van der Waals surface area contributed by atoms with Gasteiger partial charge in [-0.2, -0.15) is 0 Å². The van der Waals surface area contributed by atoms with Gasteiger partial charge in [-0.3, -0.25) is 4.79 Å². The van der Waals surface area contributed by atoms with E-state index in [4.69, 9.17) is 10.5 Å². The summed E-state index contributed by atoms with van der Waals surface area (Å²) in [5, 5.41) is 5.39. The smallest absolute Gasteiger partial charge is 0.270 e. The fourth-order valence-corrected chi connectivity index (χ4v) is 3.01. The highest BCUT2D eigenvalue weighted by molar-refractivity contribution is 7.09. The molecular weight excluding hydrogens is 274 g/mol. The van der Waals surface area contributed by atoms with Crippen LogP contribution in [0.2, 0.25) is 0 Å². The van der Waals surface area contributed by atoms with Crippen molar-refractivity contribution in [2.45, 2.75) is 51.2 Å². The zero-order valence-corrected chi connectivity index (χ0v) is 12.6. The lowest BCUT2D eigenvalue weighted by Gasteiger charge is -2.21. The number of ether oxygens (including phenoxy) is 1. The van der Waals surface area contributed by atoms with Crippen LogP contribution in [0.15, 0.2) is 5.38 Å². The van der Waals surface area contributed by atoms with Crippen LogP contribution < -0.4 is 11.1 Å². The largest absolute Gasteiger partial charge is 0.378 e. The minimum Gasteiger partial charge on any atom is -0.378 e. The van der Waals surface area contributed by atoms with Crippen molar-refractivity contribution in [1.29, 1.82) is 0 Å². The van der Waals surface area contributed by atoms with E-state index in [0.717, 1.165) is 18.0 Å². The summed E-state index contributed by atoms with van der Waals surface area (Å²) in [6.07, 6.45) is 7.57. The molecule has 1 heterocycles. The summed E-state index contributed by atoms with van der Waals surface area (Å²) in [7, 11) is 0. The lowest BCUT2D eigenvalue weighted by molar-refractivity contribution is 0.0273. The second-order valence-corrected chi connectivity index (χ2v) is 6.01. The minimum absolute atomic E-state index is 0.126. The van der Waals surface area contributed by atoms with Crippen LogP contribution >= 0.6 is 11.3 Å². The highest BCUT2D eigenvalue weighted by Gasteiger charge is 2.13. The molecule has 0 atom stereocenters. The third-order valence-electron chi connectivity index (χ3n) is 3.47. The predicted molar refractivity (Wildman–Crippen MR) is 79.8 cm³/mol. The van der Waals surface area contributed by atoms with E-state index in [-0.39, 0.29) is 5.91 Å². The van der Waals surface area contributed by atoms with Gasteiger partial charge in [-0.15, -0.1) is 11.3 Å². The molecule has 20 heavy (non-hydrogen) atoms. The molecule has 0 saturated heterocycles. The topological polar surface area (TPSA) is 77.2 Å². The molecule has 0 spiro atoms. The number of nitrogens with two attached hydrogens (primary N) is 1. The summed E-state index contributed by atoms with van der Waals surface area (Å²) in [5.41, 5.74) is 5.94. The fourth-order valence-electron chi connectivity index (χ4n) is 2.36. The Hall–Kier alpha value is -0.980. The van der Waals surface area contributed by atoms with Crippen LogP contribution in [0, 0.1) is 0 Å². The molecule has 0 radical (unpaired) electrons.